The highest BCUT2D eigenvalue weighted by Gasteiger charge is 2.23. The molecule has 3 rings (SSSR count). The molecule has 1 atom stereocenters. The van der Waals surface area contributed by atoms with Gasteiger partial charge in [-0.2, -0.15) is 0 Å². The number of nitrogens with zero attached hydrogens (tertiary/aromatic N) is 2. The molecule has 6 nitrogen and oxygen atoms in total. The fourth-order valence-corrected chi connectivity index (χ4v) is 3.22. The van der Waals surface area contributed by atoms with E-state index < -0.39 is 6.10 Å². The van der Waals surface area contributed by atoms with Gasteiger partial charge in [0.15, 0.2) is 0 Å². The van der Waals surface area contributed by atoms with E-state index in [1.54, 1.807) is 13.0 Å². The van der Waals surface area contributed by atoms with Crippen LogP contribution in [0.1, 0.15) is 53.4 Å². The third kappa shape index (κ3) is 4.02. The van der Waals surface area contributed by atoms with E-state index in [9.17, 15) is 9.90 Å². The van der Waals surface area contributed by atoms with Crippen LogP contribution in [-0.2, 0) is 0 Å². The number of carbonyl (C=O) groups is 1. The minimum absolute atomic E-state index is 0.0676. The van der Waals surface area contributed by atoms with Crippen molar-refractivity contribution < 1.29 is 14.3 Å². The van der Waals surface area contributed by atoms with Crippen LogP contribution in [0.3, 0.4) is 0 Å². The van der Waals surface area contributed by atoms with Crippen molar-refractivity contribution in [3.8, 4) is 0 Å². The summed E-state index contributed by atoms with van der Waals surface area (Å²) in [4.78, 5) is 19.1. The molecule has 134 valence electrons. The first-order chi connectivity index (χ1) is 11.9. The molecule has 1 saturated heterocycles. The Kier molecular flexibility index (Phi) is 5.08. The Morgan fingerprint density at radius 1 is 1.36 bits per heavy atom. The second-order valence-corrected chi connectivity index (χ2v) is 6.66. The molecule has 0 aromatic carbocycles. The molecule has 3 heterocycles. The molecule has 0 spiro atoms. The molecule has 1 amide bonds. The summed E-state index contributed by atoms with van der Waals surface area (Å²) < 4.78 is 5.43. The molecule has 0 bridgehead atoms. The van der Waals surface area contributed by atoms with Gasteiger partial charge in [0.25, 0.3) is 5.91 Å². The molecule has 2 aromatic rings. The maximum absolute atomic E-state index is 12.4. The monoisotopic (exact) mass is 343 g/mol. The van der Waals surface area contributed by atoms with Gasteiger partial charge in [-0.15, -0.1) is 0 Å². The standard InChI is InChI=1S/C19H25N3O3/c1-12-11-16(14(3)25-12)19(24)20-15-7-9-22(10-8-15)18-6-4-5-17(21-18)13(2)23/h4-6,11,13,15,23H,7-10H2,1-3H3,(H,20,24). The first kappa shape index (κ1) is 17.5. The Balaban J connectivity index is 1.58. The van der Waals surface area contributed by atoms with Gasteiger partial charge < -0.3 is 19.7 Å². The molecule has 1 unspecified atom stereocenters. The predicted molar refractivity (Wildman–Crippen MR) is 95.8 cm³/mol. The smallest absolute Gasteiger partial charge is 0.255 e. The summed E-state index contributed by atoms with van der Waals surface area (Å²) in [5.41, 5.74) is 1.30. The topological polar surface area (TPSA) is 78.6 Å². The molecule has 6 heteroatoms. The Morgan fingerprint density at radius 2 is 2.08 bits per heavy atom. The van der Waals surface area contributed by atoms with Crippen molar-refractivity contribution >= 4 is 11.7 Å². The number of carbonyl (C=O) groups excluding carboxylic acids is 1. The number of pyridine rings is 1. The van der Waals surface area contributed by atoms with Crippen LogP contribution in [0.4, 0.5) is 5.82 Å². The molecule has 1 aliphatic heterocycles. The summed E-state index contributed by atoms with van der Waals surface area (Å²) >= 11 is 0. The molecule has 1 aliphatic rings. The van der Waals surface area contributed by atoms with Gasteiger partial charge in [-0.1, -0.05) is 6.07 Å². The first-order valence-electron chi connectivity index (χ1n) is 8.72. The Bertz CT molecular complexity index is 746. The van der Waals surface area contributed by atoms with Gasteiger partial charge in [-0.25, -0.2) is 4.98 Å². The Hall–Kier alpha value is -2.34. The number of anilines is 1. The largest absolute Gasteiger partial charge is 0.466 e. The maximum Gasteiger partial charge on any atom is 0.255 e. The average Bonchev–Trinajstić information content (AvgIpc) is 2.94. The van der Waals surface area contributed by atoms with E-state index in [1.165, 1.54) is 0 Å². The van der Waals surface area contributed by atoms with Crippen molar-refractivity contribution in [1.82, 2.24) is 10.3 Å². The summed E-state index contributed by atoms with van der Waals surface area (Å²) in [6.07, 6.45) is 1.16. The van der Waals surface area contributed by atoms with Crippen molar-refractivity contribution in [3.63, 3.8) is 0 Å². The number of aliphatic hydroxyl groups is 1. The minimum atomic E-state index is -0.571. The van der Waals surface area contributed by atoms with Crippen LogP contribution in [0.15, 0.2) is 28.7 Å². The van der Waals surface area contributed by atoms with Gasteiger partial charge in [-0.3, -0.25) is 4.79 Å². The SMILES string of the molecule is Cc1cc(C(=O)NC2CCN(c3cccc(C(C)O)n3)CC2)c(C)o1. The highest BCUT2D eigenvalue weighted by molar-refractivity contribution is 5.95. The predicted octanol–water partition coefficient (Wildman–Crippen LogP) is 2.74. The summed E-state index contributed by atoms with van der Waals surface area (Å²) in [7, 11) is 0. The molecule has 1 fully saturated rings. The Morgan fingerprint density at radius 3 is 2.68 bits per heavy atom. The number of hydrogen-bond donors (Lipinski definition) is 2. The highest BCUT2D eigenvalue weighted by atomic mass is 16.3. The highest BCUT2D eigenvalue weighted by Crippen LogP contribution is 2.21. The summed E-state index contributed by atoms with van der Waals surface area (Å²) in [6, 6.07) is 7.64. The number of amides is 1. The molecule has 0 saturated carbocycles. The lowest BCUT2D eigenvalue weighted by molar-refractivity contribution is 0.0929. The molecular weight excluding hydrogens is 318 g/mol. The van der Waals surface area contributed by atoms with E-state index in [-0.39, 0.29) is 11.9 Å². The lowest BCUT2D eigenvalue weighted by atomic mass is 10.0. The average molecular weight is 343 g/mol. The lowest BCUT2D eigenvalue weighted by Crippen LogP contribution is -2.45. The van der Waals surface area contributed by atoms with E-state index >= 15 is 0 Å². The third-order valence-electron chi connectivity index (χ3n) is 4.62. The van der Waals surface area contributed by atoms with Gasteiger partial charge in [0, 0.05) is 19.1 Å². The fourth-order valence-electron chi connectivity index (χ4n) is 3.22. The van der Waals surface area contributed by atoms with Crippen LogP contribution in [0.25, 0.3) is 0 Å². The summed E-state index contributed by atoms with van der Waals surface area (Å²) in [5, 5.41) is 12.8. The molecule has 0 radical (unpaired) electrons. The van der Waals surface area contributed by atoms with Gasteiger partial charge in [0.05, 0.1) is 17.4 Å². The quantitative estimate of drug-likeness (QED) is 0.892. The number of rotatable bonds is 4. The van der Waals surface area contributed by atoms with Gasteiger partial charge in [0.1, 0.15) is 17.3 Å². The minimum Gasteiger partial charge on any atom is -0.466 e. The number of furan rings is 1. The summed E-state index contributed by atoms with van der Waals surface area (Å²) in [5.74, 6) is 2.22. The fraction of sp³-hybridized carbons (Fsp3) is 0.474. The number of hydrogen-bond acceptors (Lipinski definition) is 5. The Labute approximate surface area is 147 Å². The van der Waals surface area contributed by atoms with E-state index in [2.05, 4.69) is 15.2 Å². The van der Waals surface area contributed by atoms with Crippen molar-refractivity contribution in [2.24, 2.45) is 0 Å². The van der Waals surface area contributed by atoms with E-state index in [0.29, 0.717) is 17.0 Å². The maximum atomic E-state index is 12.4. The van der Waals surface area contributed by atoms with Gasteiger partial charge in [-0.05, 0) is 51.8 Å². The van der Waals surface area contributed by atoms with Crippen molar-refractivity contribution in [1.29, 1.82) is 0 Å². The number of aliphatic hydroxyl groups excluding tert-OH is 1. The third-order valence-corrected chi connectivity index (χ3v) is 4.62. The van der Waals surface area contributed by atoms with Crippen LogP contribution in [0.5, 0.6) is 0 Å². The van der Waals surface area contributed by atoms with Crippen molar-refractivity contribution in [2.75, 3.05) is 18.0 Å². The zero-order valence-electron chi connectivity index (χ0n) is 15.0. The normalized spacial score (nSPS) is 16.7. The second kappa shape index (κ2) is 7.27. The number of aromatic nitrogens is 1. The zero-order chi connectivity index (χ0) is 18.0. The number of piperidine rings is 1. The van der Waals surface area contributed by atoms with Crippen LogP contribution >= 0.6 is 0 Å². The van der Waals surface area contributed by atoms with Crippen molar-refractivity contribution in [2.45, 2.75) is 45.8 Å². The van der Waals surface area contributed by atoms with Gasteiger partial charge in [0.2, 0.25) is 0 Å². The summed E-state index contributed by atoms with van der Waals surface area (Å²) in [6.45, 7) is 7.02. The molecule has 0 aliphatic carbocycles. The van der Waals surface area contributed by atoms with Gasteiger partial charge >= 0.3 is 0 Å². The van der Waals surface area contributed by atoms with E-state index in [1.807, 2.05) is 32.0 Å². The lowest BCUT2D eigenvalue weighted by Gasteiger charge is -2.33. The molecular formula is C19H25N3O3. The number of aryl methyl sites for hydroxylation is 2. The second-order valence-electron chi connectivity index (χ2n) is 6.66. The van der Waals surface area contributed by atoms with E-state index in [0.717, 1.165) is 37.5 Å². The zero-order valence-corrected chi connectivity index (χ0v) is 15.0. The molecule has 2 aromatic heterocycles. The molecule has 25 heavy (non-hydrogen) atoms. The van der Waals surface area contributed by atoms with Crippen LogP contribution in [0, 0.1) is 13.8 Å². The van der Waals surface area contributed by atoms with E-state index in [4.69, 9.17) is 4.42 Å². The first-order valence-corrected chi connectivity index (χ1v) is 8.72. The van der Waals surface area contributed by atoms with Crippen LogP contribution in [0.2, 0.25) is 0 Å². The van der Waals surface area contributed by atoms with Crippen molar-refractivity contribution in [3.05, 3.63) is 47.0 Å². The van der Waals surface area contributed by atoms with Crippen LogP contribution < -0.4 is 10.2 Å². The molecule has 2 N–H and O–H groups in total. The van der Waals surface area contributed by atoms with Crippen LogP contribution in [-0.4, -0.2) is 35.1 Å². The number of nitrogens with one attached hydrogen (secondary N) is 1.